The average molecular weight is 479 g/mol. The molecule has 0 saturated heterocycles. The smallest absolute Gasteiger partial charge is 0.251 e. The Bertz CT molecular complexity index is 1290. The van der Waals surface area contributed by atoms with E-state index in [-0.39, 0.29) is 17.3 Å². The van der Waals surface area contributed by atoms with E-state index in [9.17, 15) is 18.4 Å². The van der Waals surface area contributed by atoms with Crippen molar-refractivity contribution in [2.45, 2.75) is 11.7 Å². The molecule has 0 atom stereocenters. The molecule has 2 amide bonds. The molecular weight excluding hydrogens is 458 g/mol. The molecule has 0 bridgehead atoms. The lowest BCUT2D eigenvalue weighted by Gasteiger charge is -2.10. The van der Waals surface area contributed by atoms with Gasteiger partial charge in [0.15, 0.2) is 5.16 Å². The van der Waals surface area contributed by atoms with Crippen molar-refractivity contribution in [2.75, 3.05) is 11.1 Å². The third kappa shape index (κ3) is 5.87. The van der Waals surface area contributed by atoms with Crippen LogP contribution < -0.4 is 10.6 Å². The summed E-state index contributed by atoms with van der Waals surface area (Å²) in [4.78, 5) is 28.9. The van der Waals surface area contributed by atoms with E-state index < -0.39 is 17.5 Å². The lowest BCUT2D eigenvalue weighted by atomic mass is 10.1. The van der Waals surface area contributed by atoms with Crippen molar-refractivity contribution in [3.63, 3.8) is 0 Å². The Kier molecular flexibility index (Phi) is 7.34. The minimum absolute atomic E-state index is 0.0200. The number of anilines is 1. The van der Waals surface area contributed by atoms with E-state index in [2.05, 4.69) is 15.6 Å². The van der Waals surface area contributed by atoms with E-state index in [0.29, 0.717) is 23.3 Å². The summed E-state index contributed by atoms with van der Waals surface area (Å²) in [5.41, 5.74) is 2.22. The largest absolute Gasteiger partial charge is 0.348 e. The molecule has 1 heterocycles. The van der Waals surface area contributed by atoms with Crippen LogP contribution in [-0.4, -0.2) is 27.1 Å². The Morgan fingerprint density at radius 2 is 1.74 bits per heavy atom. The van der Waals surface area contributed by atoms with Crippen LogP contribution in [-0.2, 0) is 11.3 Å². The van der Waals surface area contributed by atoms with Gasteiger partial charge in [0.2, 0.25) is 5.91 Å². The van der Waals surface area contributed by atoms with Crippen LogP contribution in [0.4, 0.5) is 14.5 Å². The number of hydrogen-bond acceptors (Lipinski definition) is 4. The van der Waals surface area contributed by atoms with Crippen LogP contribution in [0.3, 0.4) is 0 Å². The van der Waals surface area contributed by atoms with Gasteiger partial charge in [0.25, 0.3) is 5.91 Å². The monoisotopic (exact) mass is 478 g/mol. The topological polar surface area (TPSA) is 76.0 Å². The van der Waals surface area contributed by atoms with Crippen molar-refractivity contribution in [1.82, 2.24) is 14.9 Å². The number of aromatic nitrogens is 2. The maximum Gasteiger partial charge on any atom is 0.251 e. The van der Waals surface area contributed by atoms with Gasteiger partial charge in [-0.05, 0) is 42.0 Å². The van der Waals surface area contributed by atoms with E-state index in [0.717, 1.165) is 17.3 Å². The summed E-state index contributed by atoms with van der Waals surface area (Å²) in [6.07, 6.45) is 3.34. The number of nitrogens with one attached hydrogen (secondary N) is 2. The van der Waals surface area contributed by atoms with Gasteiger partial charge in [0, 0.05) is 36.3 Å². The van der Waals surface area contributed by atoms with E-state index in [4.69, 9.17) is 0 Å². The Balaban J connectivity index is 1.35. The number of rotatable bonds is 8. The SMILES string of the molecule is O=C(CSc1nccn1-c1ccc(C(=O)NCc2ccccc2)cc1)Nc1ccc(F)cc1F. The van der Waals surface area contributed by atoms with Crippen molar-refractivity contribution >= 4 is 29.3 Å². The van der Waals surface area contributed by atoms with Gasteiger partial charge in [-0.25, -0.2) is 13.8 Å². The Labute approximate surface area is 199 Å². The van der Waals surface area contributed by atoms with E-state index in [1.165, 1.54) is 17.8 Å². The van der Waals surface area contributed by atoms with Crippen molar-refractivity contribution < 1.29 is 18.4 Å². The van der Waals surface area contributed by atoms with E-state index in [1.54, 1.807) is 41.2 Å². The minimum atomic E-state index is -0.840. The zero-order valence-corrected chi connectivity index (χ0v) is 18.7. The van der Waals surface area contributed by atoms with Crippen LogP contribution in [0.15, 0.2) is 90.3 Å². The molecule has 4 rings (SSSR count). The Morgan fingerprint density at radius 3 is 2.47 bits per heavy atom. The third-order valence-corrected chi connectivity index (χ3v) is 5.81. The predicted octanol–water partition coefficient (Wildman–Crippen LogP) is 4.81. The summed E-state index contributed by atoms with van der Waals surface area (Å²) in [6, 6.07) is 19.6. The van der Waals surface area contributed by atoms with Crippen LogP contribution in [0.2, 0.25) is 0 Å². The number of imidazole rings is 1. The van der Waals surface area contributed by atoms with Crippen LogP contribution in [0.5, 0.6) is 0 Å². The maximum absolute atomic E-state index is 13.7. The second-order valence-corrected chi connectivity index (χ2v) is 8.20. The van der Waals surface area contributed by atoms with Gasteiger partial charge in [-0.15, -0.1) is 0 Å². The lowest BCUT2D eigenvalue weighted by Crippen LogP contribution is -2.22. The summed E-state index contributed by atoms with van der Waals surface area (Å²) in [7, 11) is 0. The normalized spacial score (nSPS) is 10.6. The standard InChI is InChI=1S/C25H20F2N4O2S/c26-19-8-11-22(21(27)14-19)30-23(32)16-34-25-28-12-13-31(25)20-9-6-18(7-10-20)24(33)29-15-17-4-2-1-3-5-17/h1-14H,15-16H2,(H,29,33)(H,30,32). The molecule has 4 aromatic rings. The van der Waals surface area contributed by atoms with E-state index in [1.807, 2.05) is 30.3 Å². The molecular formula is C25H20F2N4O2S. The Hall–Kier alpha value is -3.98. The van der Waals surface area contributed by atoms with Gasteiger partial charge in [-0.3, -0.25) is 14.2 Å². The zero-order chi connectivity index (χ0) is 23.9. The maximum atomic E-state index is 13.7. The summed E-state index contributed by atoms with van der Waals surface area (Å²) < 4.78 is 28.5. The molecule has 0 unspecified atom stereocenters. The number of amides is 2. The first-order chi connectivity index (χ1) is 16.5. The highest BCUT2D eigenvalue weighted by molar-refractivity contribution is 7.99. The van der Waals surface area contributed by atoms with Gasteiger partial charge in [-0.2, -0.15) is 0 Å². The minimum Gasteiger partial charge on any atom is -0.348 e. The van der Waals surface area contributed by atoms with Crippen molar-refractivity contribution in [3.05, 3.63) is 108 Å². The summed E-state index contributed by atoms with van der Waals surface area (Å²) >= 11 is 1.17. The van der Waals surface area contributed by atoms with Gasteiger partial charge in [-0.1, -0.05) is 42.1 Å². The second kappa shape index (κ2) is 10.8. The van der Waals surface area contributed by atoms with Crippen LogP contribution in [0, 0.1) is 11.6 Å². The van der Waals surface area contributed by atoms with Gasteiger partial charge < -0.3 is 10.6 Å². The number of carbonyl (C=O) groups excluding carboxylic acids is 2. The molecule has 0 aliphatic rings. The molecule has 1 aromatic heterocycles. The van der Waals surface area contributed by atoms with Crippen molar-refractivity contribution in [3.8, 4) is 5.69 Å². The first-order valence-electron chi connectivity index (χ1n) is 10.3. The number of hydrogen-bond donors (Lipinski definition) is 2. The molecule has 0 aliphatic carbocycles. The van der Waals surface area contributed by atoms with Crippen LogP contribution in [0.1, 0.15) is 15.9 Å². The fraction of sp³-hybridized carbons (Fsp3) is 0.0800. The Morgan fingerprint density at radius 1 is 0.971 bits per heavy atom. The molecule has 0 spiro atoms. The third-order valence-electron chi connectivity index (χ3n) is 4.85. The molecule has 34 heavy (non-hydrogen) atoms. The first kappa shape index (κ1) is 23.2. The molecule has 172 valence electrons. The average Bonchev–Trinajstić information content (AvgIpc) is 3.32. The first-order valence-corrected chi connectivity index (χ1v) is 11.3. The number of benzene rings is 3. The van der Waals surface area contributed by atoms with Crippen LogP contribution >= 0.6 is 11.8 Å². The number of nitrogens with zero attached hydrogens (tertiary/aromatic N) is 2. The fourth-order valence-electron chi connectivity index (χ4n) is 3.15. The highest BCUT2D eigenvalue weighted by Gasteiger charge is 2.12. The number of halogens is 2. The van der Waals surface area contributed by atoms with Crippen molar-refractivity contribution in [2.24, 2.45) is 0 Å². The summed E-state index contributed by atoms with van der Waals surface area (Å²) in [6.45, 7) is 0.438. The van der Waals surface area contributed by atoms with Gasteiger partial charge in [0.1, 0.15) is 11.6 Å². The fourth-order valence-corrected chi connectivity index (χ4v) is 3.93. The zero-order valence-electron chi connectivity index (χ0n) is 17.9. The van der Waals surface area contributed by atoms with Gasteiger partial charge >= 0.3 is 0 Å². The molecule has 0 fully saturated rings. The molecule has 0 radical (unpaired) electrons. The quantitative estimate of drug-likeness (QED) is 0.357. The van der Waals surface area contributed by atoms with Gasteiger partial charge in [0.05, 0.1) is 11.4 Å². The summed E-state index contributed by atoms with van der Waals surface area (Å²) in [5.74, 6) is -2.21. The van der Waals surface area contributed by atoms with Crippen LogP contribution in [0.25, 0.3) is 5.69 Å². The summed E-state index contributed by atoms with van der Waals surface area (Å²) in [5, 5.41) is 5.86. The lowest BCUT2D eigenvalue weighted by molar-refractivity contribution is -0.113. The molecule has 2 N–H and O–H groups in total. The van der Waals surface area contributed by atoms with Crippen molar-refractivity contribution in [1.29, 1.82) is 0 Å². The number of thioether (sulfide) groups is 1. The predicted molar refractivity (Wildman–Crippen MR) is 127 cm³/mol. The molecule has 9 heteroatoms. The molecule has 0 aliphatic heterocycles. The second-order valence-electron chi connectivity index (χ2n) is 7.26. The highest BCUT2D eigenvalue weighted by Crippen LogP contribution is 2.22. The molecule has 6 nitrogen and oxygen atoms in total. The molecule has 3 aromatic carbocycles. The highest BCUT2D eigenvalue weighted by atomic mass is 32.2. The van der Waals surface area contributed by atoms with E-state index >= 15 is 0 Å². The number of carbonyl (C=O) groups is 2. The molecule has 0 saturated carbocycles.